The van der Waals surface area contributed by atoms with Crippen molar-refractivity contribution in [2.75, 3.05) is 6.54 Å². The van der Waals surface area contributed by atoms with Gasteiger partial charge in [-0.2, -0.15) is 0 Å². The van der Waals surface area contributed by atoms with E-state index < -0.39 is 0 Å². The Balaban J connectivity index is 1.72. The molecule has 0 bridgehead atoms. The zero-order valence-electron chi connectivity index (χ0n) is 15.0. The summed E-state index contributed by atoms with van der Waals surface area (Å²) >= 11 is 2.37. The molecule has 0 saturated carbocycles. The quantitative estimate of drug-likeness (QED) is 0.629. The molecule has 4 heteroatoms. The van der Waals surface area contributed by atoms with E-state index in [0.717, 1.165) is 18.8 Å². The van der Waals surface area contributed by atoms with Crippen molar-refractivity contribution >= 4 is 22.6 Å². The molecule has 0 radical (unpaired) electrons. The zero-order valence-corrected chi connectivity index (χ0v) is 17.1. The van der Waals surface area contributed by atoms with Crippen molar-refractivity contribution in [3.05, 3.63) is 63.2 Å². The molecule has 2 aromatic carbocycles. The lowest BCUT2D eigenvalue weighted by molar-refractivity contribution is 0.238. The fourth-order valence-electron chi connectivity index (χ4n) is 3.42. The number of benzene rings is 2. The lowest BCUT2D eigenvalue weighted by Gasteiger charge is -2.34. The molecule has 0 aromatic heterocycles. The van der Waals surface area contributed by atoms with Crippen molar-refractivity contribution in [1.29, 1.82) is 0 Å². The Morgan fingerprint density at radius 3 is 2.76 bits per heavy atom. The van der Waals surface area contributed by atoms with Gasteiger partial charge in [0, 0.05) is 27.8 Å². The van der Waals surface area contributed by atoms with E-state index in [0.29, 0.717) is 12.1 Å². The number of halogens is 1. The lowest BCUT2D eigenvalue weighted by atomic mass is 9.92. The molecular formula is C21H27IN2O. The Kier molecular flexibility index (Phi) is 6.73. The maximum atomic E-state index is 5.99. The van der Waals surface area contributed by atoms with Gasteiger partial charge in [-0.25, -0.2) is 0 Å². The molecule has 0 amide bonds. The predicted octanol–water partition coefficient (Wildman–Crippen LogP) is 4.66. The molecule has 3 rings (SSSR count). The number of ether oxygens (including phenoxy) is 1. The van der Waals surface area contributed by atoms with Crippen LogP contribution in [0.1, 0.15) is 43.9 Å². The van der Waals surface area contributed by atoms with Gasteiger partial charge in [-0.3, -0.25) is 0 Å². The summed E-state index contributed by atoms with van der Waals surface area (Å²) in [5.41, 5.74) is 2.60. The number of piperidine rings is 1. The molecule has 1 aliphatic rings. The summed E-state index contributed by atoms with van der Waals surface area (Å²) in [6.07, 6.45) is 2.59. The Bertz CT molecular complexity index is 675. The third kappa shape index (κ3) is 5.19. The predicted molar refractivity (Wildman–Crippen MR) is 112 cm³/mol. The molecule has 1 heterocycles. The van der Waals surface area contributed by atoms with Crippen molar-refractivity contribution in [2.45, 2.75) is 51.4 Å². The molecule has 25 heavy (non-hydrogen) atoms. The van der Waals surface area contributed by atoms with E-state index in [9.17, 15) is 0 Å². The first-order valence-electron chi connectivity index (χ1n) is 9.10. The SMILES string of the molecule is CC(C)Oc1ccc(I)cc1CN[C@H]1CCCN[C@H]1c1ccccc1. The van der Waals surface area contributed by atoms with Crippen LogP contribution in [-0.4, -0.2) is 18.7 Å². The van der Waals surface area contributed by atoms with Gasteiger partial charge in [0.2, 0.25) is 0 Å². The average molecular weight is 450 g/mol. The lowest BCUT2D eigenvalue weighted by Crippen LogP contribution is -2.45. The minimum atomic E-state index is 0.187. The van der Waals surface area contributed by atoms with Crippen LogP contribution in [0.3, 0.4) is 0 Å². The van der Waals surface area contributed by atoms with Crippen molar-refractivity contribution in [3.8, 4) is 5.75 Å². The molecular weight excluding hydrogens is 423 g/mol. The first kappa shape index (κ1) is 18.7. The number of hydrogen-bond acceptors (Lipinski definition) is 3. The number of hydrogen-bond donors (Lipinski definition) is 2. The molecule has 2 aromatic rings. The van der Waals surface area contributed by atoms with Gasteiger partial charge in [-0.05, 0) is 79.6 Å². The second kappa shape index (κ2) is 9.01. The summed E-state index contributed by atoms with van der Waals surface area (Å²) in [6.45, 7) is 6.06. The van der Waals surface area contributed by atoms with E-state index in [1.807, 2.05) is 0 Å². The fraction of sp³-hybridized carbons (Fsp3) is 0.429. The molecule has 2 atom stereocenters. The van der Waals surface area contributed by atoms with Crippen LogP contribution in [0, 0.1) is 3.57 Å². The second-order valence-electron chi connectivity index (χ2n) is 6.89. The van der Waals surface area contributed by atoms with Gasteiger partial charge in [0.05, 0.1) is 6.10 Å². The normalized spacial score (nSPS) is 20.6. The summed E-state index contributed by atoms with van der Waals surface area (Å²) < 4.78 is 7.24. The zero-order chi connectivity index (χ0) is 17.6. The third-order valence-corrected chi connectivity index (χ3v) is 5.23. The smallest absolute Gasteiger partial charge is 0.124 e. The average Bonchev–Trinajstić information content (AvgIpc) is 2.62. The van der Waals surface area contributed by atoms with Crippen LogP contribution in [0.15, 0.2) is 48.5 Å². The molecule has 0 spiro atoms. The summed E-state index contributed by atoms with van der Waals surface area (Å²) in [4.78, 5) is 0. The Hall–Kier alpha value is -1.11. The standard InChI is InChI=1S/C21H27IN2O/c1-15(2)25-20-11-10-18(22)13-17(20)14-24-19-9-6-12-23-21(19)16-7-4-3-5-8-16/h3-5,7-8,10-11,13,15,19,21,23-24H,6,9,12,14H2,1-2H3/t19-,21-/m0/s1. The summed E-state index contributed by atoms with van der Waals surface area (Å²) in [7, 11) is 0. The number of rotatable bonds is 6. The van der Waals surface area contributed by atoms with Gasteiger partial charge in [0.1, 0.15) is 5.75 Å². The Morgan fingerprint density at radius 2 is 2.00 bits per heavy atom. The van der Waals surface area contributed by atoms with Gasteiger partial charge in [0.25, 0.3) is 0 Å². The highest BCUT2D eigenvalue weighted by Gasteiger charge is 2.25. The van der Waals surface area contributed by atoms with Gasteiger partial charge in [0.15, 0.2) is 0 Å². The van der Waals surface area contributed by atoms with Crippen molar-refractivity contribution in [3.63, 3.8) is 0 Å². The number of nitrogens with one attached hydrogen (secondary N) is 2. The molecule has 3 nitrogen and oxygen atoms in total. The van der Waals surface area contributed by atoms with Crippen LogP contribution in [0.4, 0.5) is 0 Å². The van der Waals surface area contributed by atoms with Gasteiger partial charge in [-0.1, -0.05) is 30.3 Å². The summed E-state index contributed by atoms with van der Waals surface area (Å²) in [6, 6.07) is 18.0. The fourth-order valence-corrected chi connectivity index (χ4v) is 3.97. The maximum Gasteiger partial charge on any atom is 0.124 e. The first-order valence-corrected chi connectivity index (χ1v) is 10.2. The highest BCUT2D eigenvalue weighted by molar-refractivity contribution is 14.1. The van der Waals surface area contributed by atoms with E-state index in [-0.39, 0.29) is 6.10 Å². The highest BCUT2D eigenvalue weighted by Crippen LogP contribution is 2.26. The monoisotopic (exact) mass is 450 g/mol. The highest BCUT2D eigenvalue weighted by atomic mass is 127. The van der Waals surface area contributed by atoms with E-state index >= 15 is 0 Å². The molecule has 2 N–H and O–H groups in total. The molecule has 134 valence electrons. The van der Waals surface area contributed by atoms with Crippen LogP contribution >= 0.6 is 22.6 Å². The molecule has 0 unspecified atom stereocenters. The van der Waals surface area contributed by atoms with Crippen LogP contribution in [0.2, 0.25) is 0 Å². The van der Waals surface area contributed by atoms with Crippen LogP contribution < -0.4 is 15.4 Å². The first-order chi connectivity index (χ1) is 12.1. The van der Waals surface area contributed by atoms with Crippen molar-refractivity contribution in [1.82, 2.24) is 10.6 Å². The van der Waals surface area contributed by atoms with E-state index in [4.69, 9.17) is 4.74 Å². The van der Waals surface area contributed by atoms with E-state index in [1.54, 1.807) is 0 Å². The van der Waals surface area contributed by atoms with Crippen molar-refractivity contribution < 1.29 is 4.74 Å². The second-order valence-corrected chi connectivity index (χ2v) is 8.14. The summed E-state index contributed by atoms with van der Waals surface area (Å²) in [5, 5.41) is 7.47. The van der Waals surface area contributed by atoms with Gasteiger partial charge >= 0.3 is 0 Å². The third-order valence-electron chi connectivity index (χ3n) is 4.56. The van der Waals surface area contributed by atoms with Gasteiger partial charge < -0.3 is 15.4 Å². The maximum absolute atomic E-state index is 5.99. The van der Waals surface area contributed by atoms with Gasteiger partial charge in [-0.15, -0.1) is 0 Å². The minimum Gasteiger partial charge on any atom is -0.491 e. The van der Waals surface area contributed by atoms with E-state index in [2.05, 4.69) is 95.6 Å². The molecule has 1 fully saturated rings. The summed E-state index contributed by atoms with van der Waals surface area (Å²) in [5.74, 6) is 0.989. The van der Waals surface area contributed by atoms with Crippen molar-refractivity contribution in [2.24, 2.45) is 0 Å². The van der Waals surface area contributed by atoms with Crippen LogP contribution in [0.25, 0.3) is 0 Å². The Labute approximate surface area is 164 Å². The molecule has 1 saturated heterocycles. The molecule has 0 aliphatic carbocycles. The Morgan fingerprint density at radius 1 is 1.20 bits per heavy atom. The minimum absolute atomic E-state index is 0.187. The largest absolute Gasteiger partial charge is 0.491 e. The van der Waals surface area contributed by atoms with Crippen LogP contribution in [-0.2, 0) is 6.54 Å². The van der Waals surface area contributed by atoms with E-state index in [1.165, 1.54) is 27.5 Å². The molecule has 1 aliphatic heterocycles. The topological polar surface area (TPSA) is 33.3 Å². The van der Waals surface area contributed by atoms with Crippen LogP contribution in [0.5, 0.6) is 5.75 Å².